The summed E-state index contributed by atoms with van der Waals surface area (Å²) in [6.07, 6.45) is 0. The maximum atomic E-state index is 5.88. The third kappa shape index (κ3) is 6.59. The lowest BCUT2D eigenvalue weighted by molar-refractivity contribution is 0.0762. The molecule has 0 fully saturated rings. The molecule has 0 heterocycles. The number of hydrogen-bond acceptors (Lipinski definition) is 4. The van der Waals surface area contributed by atoms with Crippen LogP contribution < -0.4 is 14.2 Å². The van der Waals surface area contributed by atoms with Crippen LogP contribution in [0.15, 0.2) is 46.9 Å². The maximum absolute atomic E-state index is 5.88. The van der Waals surface area contributed by atoms with E-state index in [1.807, 2.05) is 37.3 Å². The van der Waals surface area contributed by atoms with Crippen molar-refractivity contribution in [3.05, 3.63) is 52.0 Å². The van der Waals surface area contributed by atoms with Gasteiger partial charge in [0.05, 0.1) is 24.3 Å². The summed E-state index contributed by atoms with van der Waals surface area (Å²) in [5.74, 6) is 2.32. The Bertz CT molecular complexity index is 636. The molecule has 0 aliphatic heterocycles. The molecule has 0 bridgehead atoms. The molecule has 0 N–H and O–H groups in total. The van der Waals surface area contributed by atoms with Crippen molar-refractivity contribution < 1.29 is 18.9 Å². The molecule has 0 spiro atoms. The van der Waals surface area contributed by atoms with Gasteiger partial charge >= 0.3 is 0 Å². The number of benzene rings is 2. The van der Waals surface area contributed by atoms with Gasteiger partial charge in [0.25, 0.3) is 0 Å². The van der Waals surface area contributed by atoms with Gasteiger partial charge in [0.1, 0.15) is 30.5 Å². The fourth-order valence-corrected chi connectivity index (χ4v) is 2.74. The molecule has 2 aromatic rings. The van der Waals surface area contributed by atoms with Crippen LogP contribution in [0.2, 0.25) is 5.02 Å². The van der Waals surface area contributed by atoms with Crippen molar-refractivity contribution >= 4 is 27.5 Å². The van der Waals surface area contributed by atoms with Gasteiger partial charge in [-0.25, -0.2) is 0 Å². The number of ether oxygens (including phenoxy) is 4. The van der Waals surface area contributed by atoms with Crippen LogP contribution in [-0.4, -0.2) is 33.0 Å². The third-order valence-corrected chi connectivity index (χ3v) is 3.85. The summed E-state index contributed by atoms with van der Waals surface area (Å²) in [6, 6.07) is 13.0. The van der Waals surface area contributed by atoms with Gasteiger partial charge in [-0.1, -0.05) is 17.7 Å². The van der Waals surface area contributed by atoms with Crippen molar-refractivity contribution in [3.8, 4) is 17.2 Å². The lowest BCUT2D eigenvalue weighted by Crippen LogP contribution is -2.12. The second kappa shape index (κ2) is 10.4. The fraction of sp³-hybridized carbons (Fsp3) is 0.333. The maximum Gasteiger partial charge on any atom is 0.133 e. The van der Waals surface area contributed by atoms with Gasteiger partial charge in [0.15, 0.2) is 0 Å². The molecular formula is C18H20BrClO4. The normalized spacial score (nSPS) is 10.5. The van der Waals surface area contributed by atoms with Crippen LogP contribution in [0.3, 0.4) is 0 Å². The summed E-state index contributed by atoms with van der Waals surface area (Å²) in [5, 5.41) is 0.663. The first kappa shape index (κ1) is 18.9. The summed E-state index contributed by atoms with van der Waals surface area (Å²) in [5.41, 5.74) is 0. The zero-order valence-corrected chi connectivity index (χ0v) is 15.8. The van der Waals surface area contributed by atoms with Gasteiger partial charge in [0, 0.05) is 11.1 Å². The monoisotopic (exact) mass is 414 g/mol. The van der Waals surface area contributed by atoms with Crippen LogP contribution in [0.1, 0.15) is 6.92 Å². The average molecular weight is 416 g/mol. The molecule has 0 amide bonds. The molecule has 2 rings (SSSR count). The van der Waals surface area contributed by atoms with Crippen LogP contribution >= 0.6 is 27.5 Å². The predicted octanol–water partition coefficient (Wildman–Crippen LogP) is 4.98. The van der Waals surface area contributed by atoms with E-state index in [-0.39, 0.29) is 0 Å². The zero-order chi connectivity index (χ0) is 17.2. The van der Waals surface area contributed by atoms with E-state index in [4.69, 9.17) is 30.5 Å². The van der Waals surface area contributed by atoms with Crippen LogP contribution in [0.5, 0.6) is 17.2 Å². The van der Waals surface area contributed by atoms with Crippen molar-refractivity contribution in [1.29, 1.82) is 0 Å². The Morgan fingerprint density at radius 1 is 0.875 bits per heavy atom. The molecular weight excluding hydrogens is 396 g/mol. The highest BCUT2D eigenvalue weighted by molar-refractivity contribution is 9.10. The molecule has 24 heavy (non-hydrogen) atoms. The molecule has 0 saturated carbocycles. The van der Waals surface area contributed by atoms with E-state index in [0.29, 0.717) is 38.1 Å². The molecule has 0 saturated heterocycles. The van der Waals surface area contributed by atoms with Gasteiger partial charge in [-0.05, 0) is 53.2 Å². The van der Waals surface area contributed by atoms with Crippen LogP contribution in [-0.2, 0) is 4.74 Å². The number of hydrogen-bond donors (Lipinski definition) is 0. The van der Waals surface area contributed by atoms with Crippen molar-refractivity contribution in [2.24, 2.45) is 0 Å². The standard InChI is InChI=1S/C18H20BrClO4/c1-2-22-15-4-3-5-16(13-15)23-10-8-21-9-11-24-18-7-6-14(20)12-17(18)19/h3-7,12-13H,2,8-11H2,1H3. The van der Waals surface area contributed by atoms with E-state index in [1.54, 1.807) is 12.1 Å². The minimum absolute atomic E-state index is 0.458. The second-order valence-corrected chi connectivity index (χ2v) is 6.08. The van der Waals surface area contributed by atoms with Gasteiger partial charge in [-0.2, -0.15) is 0 Å². The van der Waals surface area contributed by atoms with E-state index in [1.165, 1.54) is 0 Å². The number of rotatable bonds is 10. The molecule has 130 valence electrons. The second-order valence-electron chi connectivity index (χ2n) is 4.79. The van der Waals surface area contributed by atoms with Crippen LogP contribution in [0, 0.1) is 0 Å². The van der Waals surface area contributed by atoms with Crippen molar-refractivity contribution in [3.63, 3.8) is 0 Å². The molecule has 0 unspecified atom stereocenters. The molecule has 0 aliphatic rings. The van der Waals surface area contributed by atoms with Gasteiger partial charge in [-0.3, -0.25) is 0 Å². The first-order valence-corrected chi connectivity index (χ1v) is 8.87. The summed E-state index contributed by atoms with van der Waals surface area (Å²) < 4.78 is 23.0. The largest absolute Gasteiger partial charge is 0.494 e. The third-order valence-electron chi connectivity index (χ3n) is 2.99. The van der Waals surface area contributed by atoms with E-state index in [9.17, 15) is 0 Å². The van der Waals surface area contributed by atoms with Crippen molar-refractivity contribution in [1.82, 2.24) is 0 Å². The summed E-state index contributed by atoms with van der Waals surface area (Å²) in [7, 11) is 0. The first-order chi connectivity index (χ1) is 11.7. The highest BCUT2D eigenvalue weighted by atomic mass is 79.9. The molecule has 4 nitrogen and oxygen atoms in total. The molecule has 6 heteroatoms. The molecule has 0 radical (unpaired) electrons. The van der Waals surface area contributed by atoms with Crippen molar-refractivity contribution in [2.75, 3.05) is 33.0 Å². The minimum Gasteiger partial charge on any atom is -0.494 e. The smallest absolute Gasteiger partial charge is 0.133 e. The summed E-state index contributed by atoms with van der Waals surface area (Å²) in [4.78, 5) is 0. The quantitative estimate of drug-likeness (QED) is 0.513. The van der Waals surface area contributed by atoms with Gasteiger partial charge in [-0.15, -0.1) is 0 Å². The Kier molecular flexibility index (Phi) is 8.22. The lowest BCUT2D eigenvalue weighted by Gasteiger charge is -2.10. The van der Waals surface area contributed by atoms with Crippen molar-refractivity contribution in [2.45, 2.75) is 6.92 Å². The predicted molar refractivity (Wildman–Crippen MR) is 98.6 cm³/mol. The highest BCUT2D eigenvalue weighted by Gasteiger charge is 2.02. The Hall–Kier alpha value is -1.43. The SMILES string of the molecule is CCOc1cccc(OCCOCCOc2ccc(Cl)cc2Br)c1. The first-order valence-electron chi connectivity index (χ1n) is 7.70. The molecule has 0 aliphatic carbocycles. The number of halogens is 2. The van der Waals surface area contributed by atoms with Gasteiger partial charge < -0.3 is 18.9 Å². The van der Waals surface area contributed by atoms with Crippen LogP contribution in [0.4, 0.5) is 0 Å². The Morgan fingerprint density at radius 2 is 1.58 bits per heavy atom. The van der Waals surface area contributed by atoms with Gasteiger partial charge in [0.2, 0.25) is 0 Å². The van der Waals surface area contributed by atoms with E-state index in [2.05, 4.69) is 15.9 Å². The average Bonchev–Trinajstić information content (AvgIpc) is 2.56. The Morgan fingerprint density at radius 3 is 2.29 bits per heavy atom. The molecule has 2 aromatic carbocycles. The fourth-order valence-electron chi connectivity index (χ4n) is 1.94. The van der Waals surface area contributed by atoms with Crippen LogP contribution in [0.25, 0.3) is 0 Å². The highest BCUT2D eigenvalue weighted by Crippen LogP contribution is 2.27. The molecule has 0 atom stereocenters. The summed E-state index contributed by atoms with van der Waals surface area (Å²) >= 11 is 9.28. The van der Waals surface area contributed by atoms with E-state index in [0.717, 1.165) is 21.7 Å². The minimum atomic E-state index is 0.458. The lowest BCUT2D eigenvalue weighted by atomic mass is 10.3. The Balaban J connectivity index is 1.59. The van der Waals surface area contributed by atoms with E-state index < -0.39 is 0 Å². The summed E-state index contributed by atoms with van der Waals surface area (Å²) in [6.45, 7) is 4.49. The Labute approximate surface area is 155 Å². The topological polar surface area (TPSA) is 36.9 Å². The molecule has 0 aromatic heterocycles. The zero-order valence-electron chi connectivity index (χ0n) is 13.5. The van der Waals surface area contributed by atoms with E-state index >= 15 is 0 Å².